The molecule has 0 spiro atoms. The second kappa shape index (κ2) is 8.34. The van der Waals surface area contributed by atoms with Crippen LogP contribution in [0.2, 0.25) is 0 Å². The van der Waals surface area contributed by atoms with Gasteiger partial charge < -0.3 is 4.74 Å². The van der Waals surface area contributed by atoms with Crippen molar-refractivity contribution in [3.63, 3.8) is 0 Å². The lowest BCUT2D eigenvalue weighted by Crippen LogP contribution is -2.20. The van der Waals surface area contributed by atoms with E-state index in [1.54, 1.807) is 13.0 Å². The number of hydrogen-bond donors (Lipinski definition) is 0. The van der Waals surface area contributed by atoms with Gasteiger partial charge in [0.05, 0.1) is 18.7 Å². The zero-order valence-electron chi connectivity index (χ0n) is 14.6. The Morgan fingerprint density at radius 1 is 0.923 bits per heavy atom. The number of ketones is 1. The van der Waals surface area contributed by atoms with Crippen molar-refractivity contribution in [3.8, 4) is 0 Å². The number of Topliss-reactive ketones (excluding diaryl/α,β-unsaturated/α-hetero) is 1. The van der Waals surface area contributed by atoms with Crippen LogP contribution in [0.25, 0.3) is 10.8 Å². The van der Waals surface area contributed by atoms with Crippen molar-refractivity contribution in [3.05, 3.63) is 71.8 Å². The molecule has 0 aliphatic carbocycles. The van der Waals surface area contributed by atoms with Crippen LogP contribution in [0.1, 0.15) is 23.9 Å². The van der Waals surface area contributed by atoms with Crippen LogP contribution in [0, 0.1) is 0 Å². The maximum absolute atomic E-state index is 11.8. The van der Waals surface area contributed by atoms with E-state index >= 15 is 0 Å². The smallest absolute Gasteiger partial charge is 0.375 e. The van der Waals surface area contributed by atoms with Gasteiger partial charge in [-0.15, -0.1) is 0 Å². The van der Waals surface area contributed by atoms with Gasteiger partial charge in [-0.25, -0.2) is 14.8 Å². The van der Waals surface area contributed by atoms with Gasteiger partial charge in [0.25, 0.3) is 0 Å². The number of aromatic nitrogens is 2. The van der Waals surface area contributed by atoms with E-state index in [0.717, 1.165) is 18.5 Å². The Balaban J connectivity index is 1.64. The zero-order valence-corrected chi connectivity index (χ0v) is 14.6. The molecule has 5 heteroatoms. The summed E-state index contributed by atoms with van der Waals surface area (Å²) in [5.74, 6) is -1.41. The van der Waals surface area contributed by atoms with E-state index in [4.69, 9.17) is 4.74 Å². The highest BCUT2D eigenvalue weighted by Crippen LogP contribution is 2.17. The van der Waals surface area contributed by atoms with E-state index in [1.165, 1.54) is 22.7 Å². The number of nitrogens with zero attached hydrogens (tertiary/aromatic N) is 2. The van der Waals surface area contributed by atoms with Gasteiger partial charge in [0.15, 0.2) is 0 Å². The van der Waals surface area contributed by atoms with Crippen molar-refractivity contribution in [2.24, 2.45) is 0 Å². The molecule has 0 unspecified atom stereocenters. The Bertz CT molecular complexity index is 937. The van der Waals surface area contributed by atoms with Gasteiger partial charge >= 0.3 is 5.97 Å². The second-order valence-electron chi connectivity index (χ2n) is 6.00. The van der Waals surface area contributed by atoms with Crippen LogP contribution in [-0.4, -0.2) is 28.3 Å². The van der Waals surface area contributed by atoms with Crippen LogP contribution in [0.4, 0.5) is 0 Å². The number of aryl methyl sites for hydroxylation is 2. The molecule has 0 aliphatic rings. The molecule has 1 heterocycles. The predicted molar refractivity (Wildman–Crippen MR) is 98.7 cm³/mol. The monoisotopic (exact) mass is 348 g/mol. The quantitative estimate of drug-likeness (QED) is 0.485. The molecule has 5 nitrogen and oxygen atoms in total. The van der Waals surface area contributed by atoms with E-state index in [-0.39, 0.29) is 13.0 Å². The summed E-state index contributed by atoms with van der Waals surface area (Å²) < 4.78 is 4.71. The molecule has 0 saturated heterocycles. The fourth-order valence-electron chi connectivity index (χ4n) is 2.79. The van der Waals surface area contributed by atoms with Crippen LogP contribution >= 0.6 is 0 Å². The molecule has 3 rings (SSSR count). The van der Waals surface area contributed by atoms with Gasteiger partial charge in [-0.05, 0) is 42.2 Å². The fraction of sp³-hybridized carbons (Fsp3) is 0.238. The Labute approximate surface area is 152 Å². The van der Waals surface area contributed by atoms with Crippen LogP contribution in [-0.2, 0) is 33.6 Å². The predicted octanol–water partition coefficient (Wildman–Crippen LogP) is 3.09. The molecule has 1 aromatic heterocycles. The number of ether oxygens (including phenoxy) is 1. The lowest BCUT2D eigenvalue weighted by atomic mass is 10.0. The molecule has 0 atom stereocenters. The molecular formula is C21H20N2O3. The van der Waals surface area contributed by atoms with E-state index in [9.17, 15) is 9.59 Å². The molecule has 0 radical (unpaired) electrons. The van der Waals surface area contributed by atoms with Crippen molar-refractivity contribution in [2.45, 2.75) is 26.2 Å². The van der Waals surface area contributed by atoms with Crippen LogP contribution in [0.15, 0.2) is 54.9 Å². The largest absolute Gasteiger partial charge is 0.460 e. The Morgan fingerprint density at radius 2 is 1.69 bits per heavy atom. The first-order valence-corrected chi connectivity index (χ1v) is 8.63. The zero-order chi connectivity index (χ0) is 18.4. The number of benzene rings is 2. The summed E-state index contributed by atoms with van der Waals surface area (Å²) in [5.41, 5.74) is 2.61. The minimum Gasteiger partial charge on any atom is -0.460 e. The lowest BCUT2D eigenvalue weighted by Gasteiger charge is -2.05. The topological polar surface area (TPSA) is 69.2 Å². The van der Waals surface area contributed by atoms with Crippen molar-refractivity contribution in [1.29, 1.82) is 0 Å². The maximum Gasteiger partial charge on any atom is 0.375 e. The minimum absolute atomic E-state index is 0.0652. The van der Waals surface area contributed by atoms with E-state index in [2.05, 4.69) is 40.3 Å². The molecule has 2 aromatic carbocycles. The molecule has 0 aliphatic heterocycles. The van der Waals surface area contributed by atoms with Crippen LogP contribution in [0.3, 0.4) is 0 Å². The number of esters is 1. The number of carbonyl (C=O) groups is 2. The summed E-state index contributed by atoms with van der Waals surface area (Å²) in [6.45, 7) is 1.85. The van der Waals surface area contributed by atoms with Gasteiger partial charge in [0, 0.05) is 5.69 Å². The number of fused-ring (bicyclic) bond motifs is 1. The Morgan fingerprint density at radius 3 is 2.50 bits per heavy atom. The van der Waals surface area contributed by atoms with Gasteiger partial charge in [0.2, 0.25) is 5.78 Å². The molecule has 0 saturated carbocycles. The summed E-state index contributed by atoms with van der Waals surface area (Å²) in [6.07, 6.45) is 2.95. The third kappa shape index (κ3) is 4.51. The lowest BCUT2D eigenvalue weighted by molar-refractivity contribution is -0.153. The molecule has 132 valence electrons. The first-order valence-electron chi connectivity index (χ1n) is 8.63. The summed E-state index contributed by atoms with van der Waals surface area (Å²) in [7, 11) is 0. The van der Waals surface area contributed by atoms with Gasteiger partial charge in [0.1, 0.15) is 6.33 Å². The molecule has 26 heavy (non-hydrogen) atoms. The highest BCUT2D eigenvalue weighted by Gasteiger charge is 2.16. The first-order chi connectivity index (χ1) is 12.7. The average Bonchev–Trinajstić information content (AvgIpc) is 2.66. The van der Waals surface area contributed by atoms with Gasteiger partial charge in [-0.3, -0.25) is 4.79 Å². The molecule has 0 bridgehead atoms. The average molecular weight is 348 g/mol. The molecule has 3 aromatic rings. The Kier molecular flexibility index (Phi) is 5.69. The molecule has 0 N–H and O–H groups in total. The third-order valence-corrected chi connectivity index (χ3v) is 4.11. The van der Waals surface area contributed by atoms with E-state index < -0.39 is 11.8 Å². The summed E-state index contributed by atoms with van der Waals surface area (Å²) in [5, 5.41) is 2.44. The van der Waals surface area contributed by atoms with Crippen molar-refractivity contribution >= 4 is 22.5 Å². The van der Waals surface area contributed by atoms with Gasteiger partial charge in [-0.2, -0.15) is 0 Å². The number of rotatable bonds is 7. The normalized spacial score (nSPS) is 10.7. The SMILES string of the molecule is CCOC(=O)C(=O)Cc1cc(CCc2ccc3ccccc3c2)ncn1. The van der Waals surface area contributed by atoms with E-state index in [1.807, 2.05) is 12.1 Å². The fourth-order valence-corrected chi connectivity index (χ4v) is 2.79. The number of hydrogen-bond acceptors (Lipinski definition) is 5. The highest BCUT2D eigenvalue weighted by molar-refractivity contribution is 6.34. The highest BCUT2D eigenvalue weighted by atomic mass is 16.5. The summed E-state index contributed by atoms with van der Waals surface area (Å²) in [6, 6.07) is 16.5. The standard InChI is InChI=1S/C21H20N2O3/c1-2-26-21(25)20(24)13-19-12-18(22-14-23-19)10-8-15-7-9-16-5-3-4-6-17(16)11-15/h3-7,9,11-12,14H,2,8,10,13H2,1H3. The second-order valence-corrected chi connectivity index (χ2v) is 6.00. The van der Waals surface area contributed by atoms with Crippen molar-refractivity contribution in [2.75, 3.05) is 6.61 Å². The van der Waals surface area contributed by atoms with Crippen molar-refractivity contribution < 1.29 is 14.3 Å². The minimum atomic E-state index is -0.816. The first kappa shape index (κ1) is 17.7. The molecular weight excluding hydrogens is 328 g/mol. The summed E-state index contributed by atoms with van der Waals surface area (Å²) >= 11 is 0. The maximum atomic E-state index is 11.8. The molecule has 0 amide bonds. The summed E-state index contributed by atoms with van der Waals surface area (Å²) in [4.78, 5) is 31.6. The Hall–Kier alpha value is -3.08. The molecule has 0 fully saturated rings. The van der Waals surface area contributed by atoms with Gasteiger partial charge in [-0.1, -0.05) is 42.5 Å². The van der Waals surface area contributed by atoms with Crippen molar-refractivity contribution in [1.82, 2.24) is 9.97 Å². The third-order valence-electron chi connectivity index (χ3n) is 4.11. The number of carbonyl (C=O) groups excluding carboxylic acids is 2. The van der Waals surface area contributed by atoms with E-state index in [0.29, 0.717) is 5.69 Å². The van der Waals surface area contributed by atoms with Crippen LogP contribution in [0.5, 0.6) is 0 Å². The van der Waals surface area contributed by atoms with Crippen LogP contribution < -0.4 is 0 Å².